The summed E-state index contributed by atoms with van der Waals surface area (Å²) in [5.41, 5.74) is 9.17. The standard InChI is InChI=1S/C46H31NOS/c1-2-12-35(13-3-1)47(36-24-20-31(21-25-36)34-19-18-30-10-4-5-11-33(30)28-34)37-26-22-32(23-27-37)40-29-41-38-14-6-8-16-42(38)48-45(41)44-39-15-7-9-17-43(39)49-46(40)44/h1-12,14-29,35H,13H2. The van der Waals surface area contributed by atoms with Crippen LogP contribution < -0.4 is 4.90 Å². The minimum atomic E-state index is 0.227. The molecule has 2 heterocycles. The number of fused-ring (bicyclic) bond motifs is 8. The largest absolute Gasteiger partial charge is 0.455 e. The van der Waals surface area contributed by atoms with Crippen LogP contribution in [0.15, 0.2) is 174 Å². The Morgan fingerprint density at radius 1 is 0.571 bits per heavy atom. The highest BCUT2D eigenvalue weighted by molar-refractivity contribution is 7.26. The van der Waals surface area contributed by atoms with E-state index >= 15 is 0 Å². The summed E-state index contributed by atoms with van der Waals surface area (Å²) in [5, 5.41) is 7.31. The predicted molar refractivity (Wildman–Crippen MR) is 210 cm³/mol. The molecule has 232 valence electrons. The summed E-state index contributed by atoms with van der Waals surface area (Å²) in [4.78, 5) is 2.47. The number of benzene rings is 7. The molecule has 7 aromatic carbocycles. The second kappa shape index (κ2) is 11.4. The number of anilines is 2. The molecule has 0 bridgehead atoms. The third kappa shape index (κ3) is 4.69. The second-order valence-electron chi connectivity index (χ2n) is 12.8. The van der Waals surface area contributed by atoms with E-state index in [1.807, 2.05) is 17.4 Å². The van der Waals surface area contributed by atoms with Gasteiger partial charge in [-0.05, 0) is 82.4 Å². The van der Waals surface area contributed by atoms with E-state index in [4.69, 9.17) is 4.42 Å². The maximum absolute atomic E-state index is 6.53. The van der Waals surface area contributed by atoms with Crippen LogP contribution in [0.2, 0.25) is 0 Å². The monoisotopic (exact) mass is 645 g/mol. The van der Waals surface area contributed by atoms with Gasteiger partial charge in [0.25, 0.3) is 0 Å². The van der Waals surface area contributed by atoms with Crippen LogP contribution in [-0.2, 0) is 0 Å². The van der Waals surface area contributed by atoms with Crippen LogP contribution in [0.25, 0.3) is 75.1 Å². The van der Waals surface area contributed by atoms with Gasteiger partial charge in [0.15, 0.2) is 0 Å². The molecule has 0 fully saturated rings. The van der Waals surface area contributed by atoms with Crippen LogP contribution in [-0.4, -0.2) is 6.04 Å². The summed E-state index contributed by atoms with van der Waals surface area (Å²) >= 11 is 1.85. The molecule has 3 heteroatoms. The SMILES string of the molecule is C1=CCC(N(c2ccc(-c3ccc4ccccc4c3)cc2)c2ccc(-c3cc4c5ccccc5oc4c4c3sc3ccccc34)cc2)C=C1. The first kappa shape index (κ1) is 28.1. The summed E-state index contributed by atoms with van der Waals surface area (Å²) in [7, 11) is 0. The first-order valence-corrected chi connectivity index (χ1v) is 17.7. The zero-order valence-electron chi connectivity index (χ0n) is 26.7. The fourth-order valence-electron chi connectivity index (χ4n) is 7.56. The molecule has 1 atom stereocenters. The number of thiophene rings is 1. The van der Waals surface area contributed by atoms with Crippen molar-refractivity contribution in [2.24, 2.45) is 0 Å². The lowest BCUT2D eigenvalue weighted by atomic mass is 9.98. The highest BCUT2D eigenvalue weighted by Crippen LogP contribution is 2.47. The number of hydrogen-bond acceptors (Lipinski definition) is 3. The van der Waals surface area contributed by atoms with Gasteiger partial charge < -0.3 is 9.32 Å². The molecule has 1 aliphatic carbocycles. The summed E-state index contributed by atoms with van der Waals surface area (Å²) < 4.78 is 9.08. The van der Waals surface area contributed by atoms with Gasteiger partial charge in [-0.1, -0.05) is 121 Å². The van der Waals surface area contributed by atoms with Crippen molar-refractivity contribution in [3.8, 4) is 22.3 Å². The Labute approximate surface area is 288 Å². The van der Waals surface area contributed by atoms with E-state index in [9.17, 15) is 0 Å². The molecule has 0 saturated heterocycles. The molecule has 0 spiro atoms. The van der Waals surface area contributed by atoms with Gasteiger partial charge in [-0.15, -0.1) is 11.3 Å². The predicted octanol–water partition coefficient (Wildman–Crippen LogP) is 13.5. The number of hydrogen-bond donors (Lipinski definition) is 0. The number of nitrogens with zero attached hydrogens (tertiary/aromatic N) is 1. The van der Waals surface area contributed by atoms with Crippen LogP contribution in [0.5, 0.6) is 0 Å². The molecule has 0 amide bonds. The summed E-state index contributed by atoms with van der Waals surface area (Å²) in [5.74, 6) is 0. The molecular formula is C46H31NOS. The Bertz CT molecular complexity index is 2740. The van der Waals surface area contributed by atoms with E-state index in [1.165, 1.54) is 64.6 Å². The lowest BCUT2D eigenvalue weighted by Crippen LogP contribution is -2.29. The molecule has 0 N–H and O–H groups in total. The normalized spacial score (nSPS) is 14.5. The molecule has 0 radical (unpaired) electrons. The molecule has 2 aromatic heterocycles. The molecule has 2 nitrogen and oxygen atoms in total. The number of para-hydroxylation sites is 1. The van der Waals surface area contributed by atoms with Crippen molar-refractivity contribution in [2.75, 3.05) is 4.90 Å². The minimum Gasteiger partial charge on any atom is -0.455 e. The quantitative estimate of drug-likeness (QED) is 0.185. The van der Waals surface area contributed by atoms with Crippen molar-refractivity contribution in [3.05, 3.63) is 170 Å². The van der Waals surface area contributed by atoms with Crippen LogP contribution >= 0.6 is 11.3 Å². The van der Waals surface area contributed by atoms with Gasteiger partial charge in [0.2, 0.25) is 0 Å². The number of allylic oxidation sites excluding steroid dienone is 2. The Balaban J connectivity index is 1.07. The summed E-state index contributed by atoms with van der Waals surface area (Å²) in [6.07, 6.45) is 9.84. The van der Waals surface area contributed by atoms with Gasteiger partial charge in [0.1, 0.15) is 11.2 Å². The highest BCUT2D eigenvalue weighted by atomic mass is 32.1. The third-order valence-corrected chi connectivity index (χ3v) is 11.2. The van der Waals surface area contributed by atoms with Gasteiger partial charge in [0.05, 0.1) is 6.04 Å². The van der Waals surface area contributed by atoms with Gasteiger partial charge in [-0.2, -0.15) is 0 Å². The van der Waals surface area contributed by atoms with Gasteiger partial charge in [-0.3, -0.25) is 0 Å². The van der Waals surface area contributed by atoms with E-state index in [1.54, 1.807) is 0 Å². The second-order valence-corrected chi connectivity index (χ2v) is 13.9. The van der Waals surface area contributed by atoms with Crippen LogP contribution in [0.1, 0.15) is 6.42 Å². The maximum Gasteiger partial charge on any atom is 0.144 e. The average molecular weight is 646 g/mol. The summed E-state index contributed by atoms with van der Waals surface area (Å²) in [6.45, 7) is 0. The van der Waals surface area contributed by atoms with Gasteiger partial charge in [-0.25, -0.2) is 0 Å². The number of furan rings is 1. The number of rotatable bonds is 5. The van der Waals surface area contributed by atoms with Gasteiger partial charge >= 0.3 is 0 Å². The zero-order chi connectivity index (χ0) is 32.3. The lowest BCUT2D eigenvalue weighted by Gasteiger charge is -2.33. The fraction of sp³-hybridized carbons (Fsp3) is 0.0435. The van der Waals surface area contributed by atoms with Crippen molar-refractivity contribution >= 4 is 75.6 Å². The van der Waals surface area contributed by atoms with Crippen molar-refractivity contribution in [3.63, 3.8) is 0 Å². The van der Waals surface area contributed by atoms with E-state index in [0.29, 0.717) is 0 Å². The topological polar surface area (TPSA) is 16.4 Å². The molecule has 0 aliphatic heterocycles. The van der Waals surface area contributed by atoms with Crippen molar-refractivity contribution < 1.29 is 4.42 Å². The molecule has 10 rings (SSSR count). The average Bonchev–Trinajstić information content (AvgIpc) is 3.74. The minimum absolute atomic E-state index is 0.227. The molecule has 9 aromatic rings. The van der Waals surface area contributed by atoms with Crippen molar-refractivity contribution in [1.82, 2.24) is 0 Å². The van der Waals surface area contributed by atoms with Crippen LogP contribution in [0.4, 0.5) is 11.4 Å². The Hall–Kier alpha value is -5.90. The van der Waals surface area contributed by atoms with E-state index in [2.05, 4.69) is 169 Å². The van der Waals surface area contributed by atoms with E-state index in [0.717, 1.165) is 28.4 Å². The molecule has 1 aliphatic rings. The molecule has 0 saturated carbocycles. The molecule has 1 unspecified atom stereocenters. The Morgan fingerprint density at radius 3 is 2.06 bits per heavy atom. The van der Waals surface area contributed by atoms with E-state index in [-0.39, 0.29) is 6.04 Å². The van der Waals surface area contributed by atoms with Crippen molar-refractivity contribution in [1.29, 1.82) is 0 Å². The molecular weight excluding hydrogens is 615 g/mol. The Kier molecular flexibility index (Phi) is 6.53. The summed E-state index contributed by atoms with van der Waals surface area (Å²) in [6, 6.07) is 53.1. The fourth-order valence-corrected chi connectivity index (χ4v) is 8.79. The maximum atomic E-state index is 6.53. The zero-order valence-corrected chi connectivity index (χ0v) is 27.5. The van der Waals surface area contributed by atoms with Crippen LogP contribution in [0.3, 0.4) is 0 Å². The lowest BCUT2D eigenvalue weighted by molar-refractivity contribution is 0.673. The highest BCUT2D eigenvalue weighted by Gasteiger charge is 2.22. The molecule has 49 heavy (non-hydrogen) atoms. The van der Waals surface area contributed by atoms with Crippen LogP contribution in [0, 0.1) is 0 Å². The first-order chi connectivity index (χ1) is 24.3. The van der Waals surface area contributed by atoms with Gasteiger partial charge in [0, 0.05) is 47.9 Å². The smallest absolute Gasteiger partial charge is 0.144 e. The third-order valence-electron chi connectivity index (χ3n) is 9.96. The van der Waals surface area contributed by atoms with E-state index < -0.39 is 0 Å². The van der Waals surface area contributed by atoms with Crippen molar-refractivity contribution in [2.45, 2.75) is 12.5 Å². The first-order valence-electron chi connectivity index (χ1n) is 16.9. The Morgan fingerprint density at radius 2 is 1.27 bits per heavy atom.